The summed E-state index contributed by atoms with van der Waals surface area (Å²) in [5.41, 5.74) is 3.66. The van der Waals surface area contributed by atoms with Gasteiger partial charge in [0.2, 0.25) is 0 Å². The highest BCUT2D eigenvalue weighted by molar-refractivity contribution is 7.17. The van der Waals surface area contributed by atoms with Gasteiger partial charge in [-0.1, -0.05) is 72.3 Å². The number of aromatic amines is 1. The summed E-state index contributed by atoms with van der Waals surface area (Å²) in [7, 11) is 0. The molecule has 0 amide bonds. The molecule has 0 bridgehead atoms. The summed E-state index contributed by atoms with van der Waals surface area (Å²) in [4.78, 5) is 20.9. The average Bonchev–Trinajstić information content (AvgIpc) is 3.42. The molecule has 0 unspecified atom stereocenters. The van der Waals surface area contributed by atoms with Gasteiger partial charge in [-0.3, -0.25) is 9.48 Å². The number of hydrogen-bond donors (Lipinski definition) is 1. The number of nitrogens with one attached hydrogen (secondary N) is 1. The summed E-state index contributed by atoms with van der Waals surface area (Å²) in [5, 5.41) is 7.28. The molecule has 7 heteroatoms. The van der Waals surface area contributed by atoms with E-state index in [1.165, 1.54) is 11.3 Å². The molecule has 0 saturated carbocycles. The van der Waals surface area contributed by atoms with Crippen LogP contribution in [-0.2, 0) is 6.54 Å². The highest BCUT2D eigenvalue weighted by Crippen LogP contribution is 2.31. The van der Waals surface area contributed by atoms with Gasteiger partial charge in [-0.25, -0.2) is 4.98 Å². The van der Waals surface area contributed by atoms with Crippen LogP contribution in [0.4, 0.5) is 0 Å². The van der Waals surface area contributed by atoms with E-state index < -0.39 is 0 Å². The van der Waals surface area contributed by atoms with E-state index in [9.17, 15) is 4.79 Å². The Balaban J connectivity index is 1.44. The molecule has 1 N–H and O–H groups in total. The topological polar surface area (TPSA) is 63.6 Å². The van der Waals surface area contributed by atoms with Crippen molar-refractivity contribution in [3.05, 3.63) is 106 Å². The number of aromatic nitrogens is 4. The van der Waals surface area contributed by atoms with Crippen LogP contribution in [0.25, 0.3) is 32.5 Å². The van der Waals surface area contributed by atoms with Crippen molar-refractivity contribution >= 4 is 44.3 Å². The van der Waals surface area contributed by atoms with Gasteiger partial charge in [0.1, 0.15) is 4.83 Å². The molecule has 31 heavy (non-hydrogen) atoms. The van der Waals surface area contributed by atoms with Crippen molar-refractivity contribution < 1.29 is 0 Å². The largest absolute Gasteiger partial charge is 0.305 e. The first-order valence-corrected chi connectivity index (χ1v) is 10.9. The van der Waals surface area contributed by atoms with Gasteiger partial charge in [0.05, 0.1) is 23.2 Å². The van der Waals surface area contributed by atoms with E-state index >= 15 is 0 Å². The molecule has 0 aliphatic heterocycles. The minimum absolute atomic E-state index is 0.202. The fourth-order valence-electron chi connectivity index (χ4n) is 3.42. The van der Waals surface area contributed by atoms with E-state index in [2.05, 4.69) is 27.2 Å². The molecule has 0 radical (unpaired) electrons. The Morgan fingerprint density at radius 2 is 1.84 bits per heavy atom. The van der Waals surface area contributed by atoms with Crippen molar-refractivity contribution in [1.29, 1.82) is 0 Å². The van der Waals surface area contributed by atoms with Crippen LogP contribution < -0.4 is 5.56 Å². The van der Waals surface area contributed by atoms with Crippen molar-refractivity contribution in [2.75, 3.05) is 0 Å². The Bertz CT molecular complexity index is 1440. The van der Waals surface area contributed by atoms with Crippen LogP contribution in [0.15, 0.2) is 83.2 Å². The molecule has 3 aromatic heterocycles. The Labute approximate surface area is 187 Å². The molecule has 0 fully saturated rings. The van der Waals surface area contributed by atoms with Gasteiger partial charge in [0, 0.05) is 22.7 Å². The van der Waals surface area contributed by atoms with Gasteiger partial charge in [-0.15, -0.1) is 11.3 Å². The second kappa shape index (κ2) is 8.34. The first kappa shape index (κ1) is 19.5. The lowest BCUT2D eigenvalue weighted by Crippen LogP contribution is -2.10. The third-order valence-corrected chi connectivity index (χ3v) is 6.05. The van der Waals surface area contributed by atoms with E-state index in [4.69, 9.17) is 11.6 Å². The first-order valence-electron chi connectivity index (χ1n) is 9.68. The molecule has 0 spiro atoms. The van der Waals surface area contributed by atoms with E-state index in [1.54, 1.807) is 12.3 Å². The van der Waals surface area contributed by atoms with Crippen molar-refractivity contribution in [1.82, 2.24) is 19.7 Å². The third kappa shape index (κ3) is 4.08. The maximum Gasteiger partial charge on any atom is 0.260 e. The summed E-state index contributed by atoms with van der Waals surface area (Å²) in [6.07, 6.45) is 5.40. The molecule has 3 heterocycles. The summed E-state index contributed by atoms with van der Waals surface area (Å²) >= 11 is 7.94. The van der Waals surface area contributed by atoms with Crippen LogP contribution in [0.2, 0.25) is 0 Å². The highest BCUT2D eigenvalue weighted by atomic mass is 35.5. The van der Waals surface area contributed by atoms with Crippen molar-refractivity contribution in [3.63, 3.8) is 0 Å². The Kier molecular flexibility index (Phi) is 5.24. The smallest absolute Gasteiger partial charge is 0.260 e. The average molecular weight is 445 g/mol. The highest BCUT2D eigenvalue weighted by Gasteiger charge is 2.14. The molecular formula is C24H17ClN4OS. The van der Waals surface area contributed by atoms with Gasteiger partial charge in [0.25, 0.3) is 5.56 Å². The van der Waals surface area contributed by atoms with Crippen molar-refractivity contribution in [2.45, 2.75) is 6.54 Å². The number of nitrogens with zero attached hydrogens (tertiary/aromatic N) is 3. The number of rotatable bonds is 5. The fourth-order valence-corrected chi connectivity index (χ4v) is 4.58. The SMILES string of the molecule is O=c1[nH]c(/C(Cl)=C/c2cnn(Cc3ccccc3)c2)nc2scc(-c3ccccc3)c12. The molecule has 5 nitrogen and oxygen atoms in total. The van der Waals surface area contributed by atoms with E-state index in [1.807, 2.05) is 64.8 Å². The molecule has 0 saturated heterocycles. The van der Waals surface area contributed by atoms with E-state index in [0.717, 1.165) is 22.3 Å². The van der Waals surface area contributed by atoms with Crippen molar-refractivity contribution in [3.8, 4) is 11.1 Å². The lowest BCUT2D eigenvalue weighted by molar-refractivity contribution is 0.687. The lowest BCUT2D eigenvalue weighted by atomic mass is 10.1. The van der Waals surface area contributed by atoms with Crippen LogP contribution in [0.3, 0.4) is 0 Å². The zero-order valence-electron chi connectivity index (χ0n) is 16.3. The summed E-state index contributed by atoms with van der Waals surface area (Å²) in [6, 6.07) is 19.9. The number of H-pyrrole nitrogens is 1. The zero-order valence-corrected chi connectivity index (χ0v) is 17.9. The number of benzene rings is 2. The summed E-state index contributed by atoms with van der Waals surface area (Å²) in [6.45, 7) is 0.671. The zero-order chi connectivity index (χ0) is 21.2. The lowest BCUT2D eigenvalue weighted by Gasteiger charge is -2.02. The molecule has 0 aliphatic carbocycles. The monoisotopic (exact) mass is 444 g/mol. The second-order valence-electron chi connectivity index (χ2n) is 7.06. The number of fused-ring (bicyclic) bond motifs is 1. The van der Waals surface area contributed by atoms with Gasteiger partial charge in [-0.2, -0.15) is 5.10 Å². The minimum Gasteiger partial charge on any atom is -0.305 e. The van der Waals surface area contributed by atoms with Crippen LogP contribution in [-0.4, -0.2) is 19.7 Å². The standard InChI is InChI=1S/C24H17ClN4OS/c25-20(11-17-12-26-29(14-17)13-16-7-3-1-4-8-16)22-27-23(30)21-19(15-31-24(21)28-22)18-9-5-2-6-10-18/h1-12,14-15H,13H2,(H,27,28,30)/b20-11-. The summed E-state index contributed by atoms with van der Waals surface area (Å²) in [5.74, 6) is 0.344. The van der Waals surface area contributed by atoms with Crippen LogP contribution >= 0.6 is 22.9 Å². The van der Waals surface area contributed by atoms with Gasteiger partial charge in [-0.05, 0) is 17.2 Å². The number of thiophene rings is 1. The number of halogens is 1. The summed E-state index contributed by atoms with van der Waals surface area (Å²) < 4.78 is 1.84. The molecule has 5 aromatic rings. The maximum absolute atomic E-state index is 12.8. The Morgan fingerprint density at radius 1 is 1.10 bits per heavy atom. The van der Waals surface area contributed by atoms with Gasteiger partial charge >= 0.3 is 0 Å². The second-order valence-corrected chi connectivity index (χ2v) is 8.32. The Morgan fingerprint density at radius 3 is 2.61 bits per heavy atom. The minimum atomic E-state index is -0.202. The molecule has 0 atom stereocenters. The predicted octanol–water partition coefficient (Wildman–Crippen LogP) is 5.63. The first-order chi connectivity index (χ1) is 15.2. The van der Waals surface area contributed by atoms with Crippen LogP contribution in [0.5, 0.6) is 0 Å². The van der Waals surface area contributed by atoms with Crippen LogP contribution in [0.1, 0.15) is 17.0 Å². The fraction of sp³-hybridized carbons (Fsp3) is 0.0417. The maximum atomic E-state index is 12.8. The quantitative estimate of drug-likeness (QED) is 0.382. The molecule has 0 aliphatic rings. The Hall–Kier alpha value is -3.48. The van der Waals surface area contributed by atoms with Gasteiger partial charge in [0.15, 0.2) is 5.82 Å². The number of hydrogen-bond acceptors (Lipinski definition) is 4. The molecular weight excluding hydrogens is 428 g/mol. The van der Waals surface area contributed by atoms with Crippen molar-refractivity contribution in [2.24, 2.45) is 0 Å². The third-order valence-electron chi connectivity index (χ3n) is 4.89. The molecule has 152 valence electrons. The van der Waals surface area contributed by atoms with Gasteiger partial charge < -0.3 is 4.98 Å². The predicted molar refractivity (Wildman–Crippen MR) is 127 cm³/mol. The normalized spacial score (nSPS) is 11.8. The van der Waals surface area contributed by atoms with E-state index in [-0.39, 0.29) is 5.56 Å². The molecule has 2 aromatic carbocycles. The van der Waals surface area contributed by atoms with Crippen LogP contribution in [0, 0.1) is 0 Å². The van der Waals surface area contributed by atoms with E-state index in [0.29, 0.717) is 27.6 Å². The molecule has 5 rings (SSSR count).